The minimum atomic E-state index is -1.01. The number of benzene rings is 2. The van der Waals surface area contributed by atoms with Crippen molar-refractivity contribution in [3.05, 3.63) is 65.7 Å². The molecule has 4 amide bonds. The summed E-state index contributed by atoms with van der Waals surface area (Å²) in [5, 5.41) is 5.47. The highest BCUT2D eigenvalue weighted by Gasteiger charge is 2.47. The highest BCUT2D eigenvalue weighted by Crippen LogP contribution is 2.23. The Balaban J connectivity index is 1.53. The molecule has 3 rings (SSSR count). The fourth-order valence-corrected chi connectivity index (χ4v) is 3.24. The molecule has 1 aliphatic heterocycles. The highest BCUT2D eigenvalue weighted by atomic mass is 16.5. The van der Waals surface area contributed by atoms with Crippen LogP contribution in [0, 0.1) is 0 Å². The largest absolute Gasteiger partial charge is 0.497 e. The maximum Gasteiger partial charge on any atom is 0.325 e. The van der Waals surface area contributed by atoms with Gasteiger partial charge in [0.15, 0.2) is 0 Å². The van der Waals surface area contributed by atoms with E-state index in [1.807, 2.05) is 42.5 Å². The Kier molecular flexibility index (Phi) is 6.16. The van der Waals surface area contributed by atoms with Crippen LogP contribution in [0.15, 0.2) is 54.6 Å². The number of aryl methyl sites for hydroxylation is 1. The summed E-state index contributed by atoms with van der Waals surface area (Å²) in [5.41, 5.74) is 0.971. The molecule has 7 nitrogen and oxygen atoms in total. The Morgan fingerprint density at radius 3 is 2.41 bits per heavy atom. The van der Waals surface area contributed by atoms with E-state index >= 15 is 0 Å². The van der Waals surface area contributed by atoms with Crippen molar-refractivity contribution in [3.8, 4) is 5.75 Å². The van der Waals surface area contributed by atoms with Crippen LogP contribution in [0.5, 0.6) is 5.75 Å². The van der Waals surface area contributed by atoms with E-state index in [1.165, 1.54) is 0 Å². The van der Waals surface area contributed by atoms with Crippen LogP contribution in [0.1, 0.15) is 24.5 Å². The second kappa shape index (κ2) is 8.77. The van der Waals surface area contributed by atoms with Crippen LogP contribution in [0.3, 0.4) is 0 Å². The van der Waals surface area contributed by atoms with Gasteiger partial charge in [-0.3, -0.25) is 14.5 Å². The molecule has 1 saturated heterocycles. The molecule has 1 fully saturated rings. The molecule has 29 heavy (non-hydrogen) atoms. The molecule has 7 heteroatoms. The lowest BCUT2D eigenvalue weighted by atomic mass is 9.93. The summed E-state index contributed by atoms with van der Waals surface area (Å²) < 4.78 is 5.10. The topological polar surface area (TPSA) is 87.7 Å². The van der Waals surface area contributed by atoms with E-state index in [1.54, 1.807) is 26.2 Å². The third-order valence-electron chi connectivity index (χ3n) is 5.05. The van der Waals surface area contributed by atoms with E-state index in [0.29, 0.717) is 19.4 Å². The van der Waals surface area contributed by atoms with Gasteiger partial charge < -0.3 is 15.4 Å². The second-order valence-electron chi connectivity index (χ2n) is 7.26. The van der Waals surface area contributed by atoms with Crippen molar-refractivity contribution in [2.75, 3.05) is 13.7 Å². The number of carbonyl (C=O) groups excluding carboxylic acids is 3. The second-order valence-corrected chi connectivity index (χ2v) is 7.26. The maximum atomic E-state index is 12.8. The zero-order chi connectivity index (χ0) is 20.9. The van der Waals surface area contributed by atoms with Gasteiger partial charge in [0.05, 0.1) is 7.11 Å². The van der Waals surface area contributed by atoms with Crippen molar-refractivity contribution in [1.82, 2.24) is 15.5 Å². The van der Waals surface area contributed by atoms with Gasteiger partial charge in [0.2, 0.25) is 5.91 Å². The average molecular weight is 395 g/mol. The van der Waals surface area contributed by atoms with Gasteiger partial charge in [-0.05, 0) is 43.0 Å². The van der Waals surface area contributed by atoms with E-state index < -0.39 is 17.5 Å². The van der Waals surface area contributed by atoms with Crippen LogP contribution in [0.2, 0.25) is 0 Å². The molecule has 2 aromatic rings. The van der Waals surface area contributed by atoms with Crippen LogP contribution in [-0.2, 0) is 22.6 Å². The van der Waals surface area contributed by atoms with Crippen molar-refractivity contribution in [1.29, 1.82) is 0 Å². The summed E-state index contributed by atoms with van der Waals surface area (Å²) in [6.45, 7) is 1.70. The number of nitrogens with one attached hydrogen (secondary N) is 2. The standard InChI is InChI=1S/C22H25N3O4/c1-22(13-12-16-6-4-3-5-7-16)20(27)25(21(28)24-22)15-19(26)23-14-17-8-10-18(29-2)11-9-17/h3-11H,12-15H2,1-2H3,(H,23,26)(H,24,28). The molecule has 1 aliphatic rings. The van der Waals surface area contributed by atoms with Crippen LogP contribution >= 0.6 is 0 Å². The number of carbonyl (C=O) groups is 3. The first kappa shape index (κ1) is 20.4. The monoisotopic (exact) mass is 395 g/mol. The maximum absolute atomic E-state index is 12.8. The molecule has 2 N–H and O–H groups in total. The van der Waals surface area contributed by atoms with Crippen molar-refractivity contribution in [2.24, 2.45) is 0 Å². The number of ether oxygens (including phenoxy) is 1. The highest BCUT2D eigenvalue weighted by molar-refractivity contribution is 6.08. The number of imide groups is 1. The Morgan fingerprint density at radius 2 is 1.76 bits per heavy atom. The molecule has 0 radical (unpaired) electrons. The minimum Gasteiger partial charge on any atom is -0.497 e. The molecule has 1 unspecified atom stereocenters. The number of methoxy groups -OCH3 is 1. The predicted molar refractivity (Wildman–Crippen MR) is 108 cm³/mol. The first-order chi connectivity index (χ1) is 13.9. The molecule has 2 aromatic carbocycles. The Labute approximate surface area is 170 Å². The zero-order valence-electron chi connectivity index (χ0n) is 16.6. The lowest BCUT2D eigenvalue weighted by Gasteiger charge is -2.21. The van der Waals surface area contributed by atoms with Crippen LogP contribution in [0.25, 0.3) is 0 Å². The van der Waals surface area contributed by atoms with E-state index in [9.17, 15) is 14.4 Å². The Morgan fingerprint density at radius 1 is 1.07 bits per heavy atom. The smallest absolute Gasteiger partial charge is 0.325 e. The van der Waals surface area contributed by atoms with Crippen molar-refractivity contribution in [2.45, 2.75) is 31.8 Å². The van der Waals surface area contributed by atoms with Gasteiger partial charge in [-0.25, -0.2) is 4.79 Å². The van der Waals surface area contributed by atoms with E-state index in [-0.39, 0.29) is 12.5 Å². The lowest BCUT2D eigenvalue weighted by Crippen LogP contribution is -2.45. The summed E-state index contributed by atoms with van der Waals surface area (Å²) >= 11 is 0. The quantitative estimate of drug-likeness (QED) is 0.671. The van der Waals surface area contributed by atoms with Gasteiger partial charge in [-0.1, -0.05) is 42.5 Å². The number of hydrogen-bond acceptors (Lipinski definition) is 4. The summed E-state index contributed by atoms with van der Waals surface area (Å²) in [6.07, 6.45) is 1.12. The molecule has 1 atom stereocenters. The van der Waals surface area contributed by atoms with Gasteiger partial charge in [0.25, 0.3) is 5.91 Å². The van der Waals surface area contributed by atoms with E-state index in [4.69, 9.17) is 4.74 Å². The molecule has 0 bridgehead atoms. The van der Waals surface area contributed by atoms with Crippen molar-refractivity contribution >= 4 is 17.8 Å². The van der Waals surface area contributed by atoms with Gasteiger partial charge in [-0.2, -0.15) is 0 Å². The molecular formula is C22H25N3O4. The Bertz CT molecular complexity index is 883. The minimum absolute atomic E-state index is 0.303. The third-order valence-corrected chi connectivity index (χ3v) is 5.05. The lowest BCUT2D eigenvalue weighted by molar-refractivity contribution is -0.134. The van der Waals surface area contributed by atoms with E-state index in [2.05, 4.69) is 10.6 Å². The summed E-state index contributed by atoms with van der Waals surface area (Å²) in [5.74, 6) is -0.0381. The van der Waals surface area contributed by atoms with Gasteiger partial charge in [0, 0.05) is 6.54 Å². The molecule has 1 heterocycles. The molecule has 152 valence electrons. The van der Waals surface area contributed by atoms with Gasteiger partial charge in [0.1, 0.15) is 17.8 Å². The normalized spacial score (nSPS) is 18.5. The number of rotatable bonds is 8. The van der Waals surface area contributed by atoms with Gasteiger partial charge >= 0.3 is 6.03 Å². The van der Waals surface area contributed by atoms with Crippen LogP contribution in [0.4, 0.5) is 4.79 Å². The van der Waals surface area contributed by atoms with Crippen LogP contribution in [-0.4, -0.2) is 41.9 Å². The first-order valence-corrected chi connectivity index (χ1v) is 9.49. The van der Waals surface area contributed by atoms with Gasteiger partial charge in [-0.15, -0.1) is 0 Å². The fraction of sp³-hybridized carbons (Fsp3) is 0.318. The number of nitrogens with zero attached hydrogens (tertiary/aromatic N) is 1. The number of amides is 4. The zero-order valence-corrected chi connectivity index (χ0v) is 16.6. The first-order valence-electron chi connectivity index (χ1n) is 9.49. The summed E-state index contributed by atoms with van der Waals surface area (Å²) in [4.78, 5) is 38.3. The molecule has 0 aromatic heterocycles. The molecule has 0 aliphatic carbocycles. The van der Waals surface area contributed by atoms with E-state index in [0.717, 1.165) is 21.8 Å². The third kappa shape index (κ3) is 4.93. The van der Waals surface area contributed by atoms with Crippen molar-refractivity contribution in [3.63, 3.8) is 0 Å². The molecular weight excluding hydrogens is 370 g/mol. The predicted octanol–water partition coefficient (Wildman–Crippen LogP) is 2.25. The summed E-state index contributed by atoms with van der Waals surface area (Å²) in [6, 6.07) is 16.5. The molecule has 0 spiro atoms. The fourth-order valence-electron chi connectivity index (χ4n) is 3.24. The van der Waals surface area contributed by atoms with Crippen LogP contribution < -0.4 is 15.4 Å². The van der Waals surface area contributed by atoms with Crippen molar-refractivity contribution < 1.29 is 19.1 Å². The molecule has 0 saturated carbocycles. The number of hydrogen-bond donors (Lipinski definition) is 2. The number of urea groups is 1. The SMILES string of the molecule is COc1ccc(CNC(=O)CN2C(=O)NC(C)(CCc3ccccc3)C2=O)cc1. The Hall–Kier alpha value is -3.35. The average Bonchev–Trinajstić information content (AvgIpc) is 2.95. The summed E-state index contributed by atoms with van der Waals surface area (Å²) in [7, 11) is 1.59.